The summed E-state index contributed by atoms with van der Waals surface area (Å²) >= 11 is 0. The lowest BCUT2D eigenvalue weighted by molar-refractivity contribution is -0.138. The van der Waals surface area contributed by atoms with E-state index in [2.05, 4.69) is 10.2 Å². The maximum atomic E-state index is 12.0. The Morgan fingerprint density at radius 3 is 2.63 bits per heavy atom. The number of nitrogens with zero attached hydrogens (tertiary/aromatic N) is 2. The molecule has 2 saturated heterocycles. The van der Waals surface area contributed by atoms with Gasteiger partial charge in [-0.1, -0.05) is 6.92 Å². The molecule has 0 radical (unpaired) electrons. The highest BCUT2D eigenvalue weighted by atomic mass is 16.2. The molecule has 2 rings (SSSR count). The number of imide groups is 1. The number of hydrogen-bond donors (Lipinski definition) is 1. The van der Waals surface area contributed by atoms with Gasteiger partial charge in [0.05, 0.1) is 12.5 Å². The number of nitrogens with one attached hydrogen (secondary N) is 1. The molecule has 2 amide bonds. The highest BCUT2D eigenvalue weighted by Gasteiger charge is 2.37. The van der Waals surface area contributed by atoms with Crippen LogP contribution in [-0.4, -0.2) is 60.4 Å². The Kier molecular flexibility index (Phi) is 5.34. The first-order valence-corrected chi connectivity index (χ1v) is 7.52. The van der Waals surface area contributed by atoms with Crippen molar-refractivity contribution in [3.63, 3.8) is 0 Å². The molecule has 2 heterocycles. The minimum Gasteiger partial charge on any atom is -0.305 e. The van der Waals surface area contributed by atoms with E-state index in [0.717, 1.165) is 25.9 Å². The van der Waals surface area contributed by atoms with Crippen LogP contribution in [-0.2, 0) is 9.59 Å². The van der Waals surface area contributed by atoms with Gasteiger partial charge in [0, 0.05) is 6.54 Å². The average molecular weight is 267 g/mol. The fraction of sp³-hybridized carbons (Fsp3) is 0.857. The number of carbonyl (C=O) groups is 2. The van der Waals surface area contributed by atoms with Crippen molar-refractivity contribution in [2.45, 2.75) is 45.1 Å². The summed E-state index contributed by atoms with van der Waals surface area (Å²) in [6.45, 7) is 6.89. The van der Waals surface area contributed by atoms with Crippen LogP contribution in [0.5, 0.6) is 0 Å². The summed E-state index contributed by atoms with van der Waals surface area (Å²) < 4.78 is 0. The third kappa shape index (κ3) is 3.76. The summed E-state index contributed by atoms with van der Waals surface area (Å²) in [6, 6.07) is -0.280. The van der Waals surface area contributed by atoms with Gasteiger partial charge in [0.25, 0.3) is 0 Å². The van der Waals surface area contributed by atoms with Gasteiger partial charge >= 0.3 is 0 Å². The van der Waals surface area contributed by atoms with E-state index in [-0.39, 0.29) is 17.9 Å². The van der Waals surface area contributed by atoms with Gasteiger partial charge in [0.1, 0.15) is 0 Å². The van der Waals surface area contributed by atoms with E-state index in [4.69, 9.17) is 0 Å². The van der Waals surface area contributed by atoms with Gasteiger partial charge in [0.2, 0.25) is 11.8 Å². The smallest absolute Gasteiger partial charge is 0.246 e. The zero-order valence-corrected chi connectivity index (χ0v) is 11.9. The first-order valence-electron chi connectivity index (χ1n) is 7.52. The van der Waals surface area contributed by atoms with Crippen molar-refractivity contribution in [2.75, 3.05) is 32.7 Å². The van der Waals surface area contributed by atoms with Crippen LogP contribution in [0.25, 0.3) is 0 Å². The lowest BCUT2D eigenvalue weighted by Gasteiger charge is -2.16. The summed E-state index contributed by atoms with van der Waals surface area (Å²) in [5.41, 5.74) is 0. The molecule has 19 heavy (non-hydrogen) atoms. The quantitative estimate of drug-likeness (QED) is 0.542. The molecule has 0 spiro atoms. The minimum absolute atomic E-state index is 0.0242. The highest BCUT2D eigenvalue weighted by molar-refractivity contribution is 6.05. The largest absolute Gasteiger partial charge is 0.305 e. The van der Waals surface area contributed by atoms with Crippen LogP contribution < -0.4 is 5.32 Å². The molecule has 2 fully saturated rings. The van der Waals surface area contributed by atoms with Gasteiger partial charge in [-0.2, -0.15) is 0 Å². The van der Waals surface area contributed by atoms with Crippen LogP contribution in [0.15, 0.2) is 0 Å². The molecule has 1 atom stereocenters. The van der Waals surface area contributed by atoms with Crippen molar-refractivity contribution in [2.24, 2.45) is 0 Å². The summed E-state index contributed by atoms with van der Waals surface area (Å²) in [6.07, 6.45) is 4.84. The average Bonchev–Trinajstić information content (AvgIpc) is 2.99. The Hall–Kier alpha value is -0.940. The Morgan fingerprint density at radius 2 is 1.95 bits per heavy atom. The van der Waals surface area contributed by atoms with Gasteiger partial charge in [-0.15, -0.1) is 0 Å². The van der Waals surface area contributed by atoms with Crippen molar-refractivity contribution >= 4 is 11.8 Å². The molecule has 1 N–H and O–H groups in total. The standard InChI is InChI=1S/C14H25N3O2/c1-2-7-17-13(18)11-12(14(17)19)15-6-5-10-16-8-3-4-9-16/h12,15H,2-11H2,1H3. The Labute approximate surface area is 115 Å². The molecule has 2 aliphatic heterocycles. The summed E-state index contributed by atoms with van der Waals surface area (Å²) in [5.74, 6) is -0.0584. The first-order chi connectivity index (χ1) is 9.22. The van der Waals surface area contributed by atoms with Crippen molar-refractivity contribution in [3.8, 4) is 0 Å². The van der Waals surface area contributed by atoms with E-state index in [9.17, 15) is 9.59 Å². The molecular formula is C14H25N3O2. The van der Waals surface area contributed by atoms with Gasteiger partial charge in [0.15, 0.2) is 0 Å². The molecule has 0 bridgehead atoms. The van der Waals surface area contributed by atoms with Crippen LogP contribution in [0.1, 0.15) is 39.0 Å². The van der Waals surface area contributed by atoms with Crippen molar-refractivity contribution < 1.29 is 9.59 Å². The number of amides is 2. The first kappa shape index (κ1) is 14.5. The van der Waals surface area contributed by atoms with E-state index in [0.29, 0.717) is 13.0 Å². The SMILES string of the molecule is CCCN1C(=O)CC(NCCCN2CCCC2)C1=O. The molecule has 0 aliphatic carbocycles. The number of likely N-dealkylation sites (tertiary alicyclic amines) is 2. The normalized spacial score (nSPS) is 24.7. The Balaban J connectivity index is 1.65. The van der Waals surface area contributed by atoms with Crippen molar-refractivity contribution in [1.82, 2.24) is 15.1 Å². The van der Waals surface area contributed by atoms with E-state index in [1.165, 1.54) is 30.8 Å². The molecule has 2 aliphatic rings. The van der Waals surface area contributed by atoms with Gasteiger partial charge < -0.3 is 10.2 Å². The second-order valence-corrected chi connectivity index (χ2v) is 5.50. The fourth-order valence-corrected chi connectivity index (χ4v) is 2.89. The van der Waals surface area contributed by atoms with E-state index >= 15 is 0 Å². The molecule has 0 aromatic heterocycles. The second-order valence-electron chi connectivity index (χ2n) is 5.50. The van der Waals surface area contributed by atoms with E-state index < -0.39 is 0 Å². The zero-order chi connectivity index (χ0) is 13.7. The molecule has 0 saturated carbocycles. The molecule has 0 aromatic carbocycles. The third-order valence-electron chi connectivity index (χ3n) is 3.93. The van der Waals surface area contributed by atoms with Crippen LogP contribution in [0.2, 0.25) is 0 Å². The van der Waals surface area contributed by atoms with Gasteiger partial charge in [-0.25, -0.2) is 0 Å². The van der Waals surface area contributed by atoms with Crippen LogP contribution in [0.4, 0.5) is 0 Å². The van der Waals surface area contributed by atoms with E-state index in [1.54, 1.807) is 0 Å². The molecule has 1 unspecified atom stereocenters. The summed E-state index contributed by atoms with van der Waals surface area (Å²) in [4.78, 5) is 27.5. The van der Waals surface area contributed by atoms with Crippen molar-refractivity contribution in [1.29, 1.82) is 0 Å². The van der Waals surface area contributed by atoms with Crippen LogP contribution in [0.3, 0.4) is 0 Å². The number of rotatable bonds is 7. The van der Waals surface area contributed by atoms with Gasteiger partial charge in [-0.3, -0.25) is 14.5 Å². The second kappa shape index (κ2) is 7.01. The molecule has 5 heteroatoms. The maximum Gasteiger partial charge on any atom is 0.246 e. The Bertz CT molecular complexity index is 327. The Morgan fingerprint density at radius 1 is 1.21 bits per heavy atom. The van der Waals surface area contributed by atoms with Crippen LogP contribution >= 0.6 is 0 Å². The predicted molar refractivity (Wildman–Crippen MR) is 73.7 cm³/mol. The number of hydrogen-bond acceptors (Lipinski definition) is 4. The lowest BCUT2D eigenvalue weighted by atomic mass is 10.2. The highest BCUT2D eigenvalue weighted by Crippen LogP contribution is 2.13. The third-order valence-corrected chi connectivity index (χ3v) is 3.93. The van der Waals surface area contributed by atoms with E-state index in [1.807, 2.05) is 6.92 Å². The van der Waals surface area contributed by atoms with Crippen LogP contribution in [0, 0.1) is 0 Å². The number of carbonyl (C=O) groups excluding carboxylic acids is 2. The predicted octanol–water partition coefficient (Wildman–Crippen LogP) is 0.599. The van der Waals surface area contributed by atoms with Gasteiger partial charge in [-0.05, 0) is 51.9 Å². The molecular weight excluding hydrogens is 242 g/mol. The topological polar surface area (TPSA) is 52.7 Å². The summed E-state index contributed by atoms with van der Waals surface area (Å²) in [5, 5.41) is 3.24. The zero-order valence-electron chi connectivity index (χ0n) is 11.9. The molecule has 5 nitrogen and oxygen atoms in total. The lowest BCUT2D eigenvalue weighted by Crippen LogP contribution is -2.40. The monoisotopic (exact) mass is 267 g/mol. The minimum atomic E-state index is -0.280. The maximum absolute atomic E-state index is 12.0. The fourth-order valence-electron chi connectivity index (χ4n) is 2.89. The summed E-state index contributed by atoms with van der Waals surface area (Å²) in [7, 11) is 0. The molecule has 0 aromatic rings. The molecule has 108 valence electrons. The van der Waals surface area contributed by atoms with Crippen molar-refractivity contribution in [3.05, 3.63) is 0 Å².